The van der Waals surface area contributed by atoms with Crippen molar-refractivity contribution in [1.82, 2.24) is 0 Å². The van der Waals surface area contributed by atoms with Crippen LogP contribution < -0.4 is 10.2 Å². The van der Waals surface area contributed by atoms with Crippen molar-refractivity contribution >= 4 is 12.6 Å². The Morgan fingerprint density at radius 1 is 1.31 bits per heavy atom. The maximum absolute atomic E-state index is 12.9. The van der Waals surface area contributed by atoms with E-state index < -0.39 is 12.9 Å². The molecule has 0 radical (unpaired) electrons. The smallest absolute Gasteiger partial charge is 0.492 e. The van der Waals surface area contributed by atoms with Crippen LogP contribution in [0.25, 0.3) is 0 Å². The van der Waals surface area contributed by atoms with Crippen LogP contribution in [0.15, 0.2) is 18.2 Å². The number of hydrogen-bond donors (Lipinski definition) is 2. The van der Waals surface area contributed by atoms with E-state index in [0.717, 1.165) is 12.1 Å². The summed E-state index contributed by atoms with van der Waals surface area (Å²) in [6, 6.07) is 3.56. The van der Waals surface area contributed by atoms with Gasteiger partial charge in [-0.3, -0.25) is 0 Å². The maximum Gasteiger partial charge on any atom is 0.492 e. The molecule has 0 unspecified atom stereocenters. The Kier molecular flexibility index (Phi) is 5.24. The van der Waals surface area contributed by atoms with Crippen LogP contribution in [-0.2, 0) is 4.74 Å². The van der Waals surface area contributed by atoms with Crippen molar-refractivity contribution in [1.29, 1.82) is 0 Å². The summed E-state index contributed by atoms with van der Waals surface area (Å²) in [5, 5.41) is 18.1. The first-order valence-electron chi connectivity index (χ1n) is 4.92. The highest BCUT2D eigenvalue weighted by atomic mass is 19.1. The molecule has 0 spiro atoms. The second kappa shape index (κ2) is 6.47. The van der Waals surface area contributed by atoms with Crippen molar-refractivity contribution in [3.63, 3.8) is 0 Å². The number of halogens is 1. The second-order valence-corrected chi connectivity index (χ2v) is 3.25. The first kappa shape index (κ1) is 13.0. The van der Waals surface area contributed by atoms with Crippen LogP contribution in [0.4, 0.5) is 4.39 Å². The largest absolute Gasteiger partial charge is 0.494 e. The molecule has 0 atom stereocenters. The van der Waals surface area contributed by atoms with Crippen molar-refractivity contribution in [2.75, 3.05) is 20.3 Å². The van der Waals surface area contributed by atoms with Crippen LogP contribution in [0.2, 0.25) is 0 Å². The minimum absolute atomic E-state index is 0.145. The van der Waals surface area contributed by atoms with Crippen molar-refractivity contribution in [2.24, 2.45) is 0 Å². The molecule has 0 saturated heterocycles. The summed E-state index contributed by atoms with van der Waals surface area (Å²) in [7, 11) is -0.0940. The summed E-state index contributed by atoms with van der Waals surface area (Å²) in [5.74, 6) is -0.336. The SMILES string of the molecule is COCCCOc1cc(F)ccc1B(O)O. The molecule has 0 aromatic heterocycles. The zero-order valence-corrected chi connectivity index (χ0v) is 9.02. The Balaban J connectivity index is 2.65. The van der Waals surface area contributed by atoms with Gasteiger partial charge in [0.05, 0.1) is 6.61 Å². The molecule has 88 valence electrons. The molecule has 1 aromatic carbocycles. The average molecular weight is 228 g/mol. The van der Waals surface area contributed by atoms with E-state index in [-0.39, 0.29) is 11.2 Å². The highest BCUT2D eigenvalue weighted by molar-refractivity contribution is 6.59. The molecule has 0 fully saturated rings. The molecule has 2 N–H and O–H groups in total. The van der Waals surface area contributed by atoms with Gasteiger partial charge in [0.1, 0.15) is 11.6 Å². The van der Waals surface area contributed by atoms with Crippen molar-refractivity contribution in [3.05, 3.63) is 24.0 Å². The van der Waals surface area contributed by atoms with Gasteiger partial charge in [-0.25, -0.2) is 4.39 Å². The Labute approximate surface area is 93.8 Å². The van der Waals surface area contributed by atoms with Crippen LogP contribution in [0, 0.1) is 5.82 Å². The average Bonchev–Trinajstić information content (AvgIpc) is 2.24. The summed E-state index contributed by atoms with van der Waals surface area (Å²) in [6.07, 6.45) is 0.647. The molecule has 0 amide bonds. The molecule has 0 aliphatic heterocycles. The third kappa shape index (κ3) is 3.81. The summed E-state index contributed by atoms with van der Waals surface area (Å²) in [4.78, 5) is 0. The Hall–Kier alpha value is -1.11. The third-order valence-electron chi connectivity index (χ3n) is 2.00. The quantitative estimate of drug-likeness (QED) is 0.528. The van der Waals surface area contributed by atoms with Gasteiger partial charge in [0, 0.05) is 31.7 Å². The van der Waals surface area contributed by atoms with Gasteiger partial charge in [0.25, 0.3) is 0 Å². The topological polar surface area (TPSA) is 58.9 Å². The summed E-state index contributed by atoms with van der Waals surface area (Å²) >= 11 is 0. The summed E-state index contributed by atoms with van der Waals surface area (Å²) < 4.78 is 23.0. The standard InChI is InChI=1S/C10H14BFO4/c1-15-5-2-6-16-10-7-8(12)3-4-9(10)11(13)14/h3-4,7,13-14H,2,5-6H2,1H3. The molecule has 0 aliphatic carbocycles. The predicted octanol–water partition coefficient (Wildman–Crippen LogP) is -0.0792. The maximum atomic E-state index is 12.9. The zero-order chi connectivity index (χ0) is 12.0. The van der Waals surface area contributed by atoms with E-state index in [1.165, 1.54) is 6.07 Å². The van der Waals surface area contributed by atoms with Crippen LogP contribution in [0.1, 0.15) is 6.42 Å². The predicted molar refractivity (Wildman–Crippen MR) is 58.2 cm³/mol. The molecule has 16 heavy (non-hydrogen) atoms. The molecular formula is C10H14BFO4. The fourth-order valence-electron chi connectivity index (χ4n) is 1.23. The van der Waals surface area contributed by atoms with E-state index in [2.05, 4.69) is 0 Å². The van der Waals surface area contributed by atoms with Crippen molar-refractivity contribution in [2.45, 2.75) is 6.42 Å². The van der Waals surface area contributed by atoms with Crippen LogP contribution in [0.3, 0.4) is 0 Å². The first-order valence-corrected chi connectivity index (χ1v) is 4.92. The molecule has 1 rings (SSSR count). The van der Waals surface area contributed by atoms with Crippen LogP contribution in [0.5, 0.6) is 5.75 Å². The van der Waals surface area contributed by atoms with E-state index in [4.69, 9.17) is 19.5 Å². The van der Waals surface area contributed by atoms with Crippen molar-refractivity contribution in [3.8, 4) is 5.75 Å². The Morgan fingerprint density at radius 3 is 2.69 bits per heavy atom. The fraction of sp³-hybridized carbons (Fsp3) is 0.400. The lowest BCUT2D eigenvalue weighted by Gasteiger charge is -2.10. The lowest BCUT2D eigenvalue weighted by Crippen LogP contribution is -2.31. The minimum atomic E-state index is -1.67. The lowest BCUT2D eigenvalue weighted by atomic mass is 9.79. The van der Waals surface area contributed by atoms with Gasteiger partial charge in [-0.15, -0.1) is 0 Å². The van der Waals surface area contributed by atoms with Gasteiger partial charge < -0.3 is 19.5 Å². The number of methoxy groups -OCH3 is 1. The zero-order valence-electron chi connectivity index (χ0n) is 9.02. The molecule has 6 heteroatoms. The highest BCUT2D eigenvalue weighted by Crippen LogP contribution is 2.10. The van der Waals surface area contributed by atoms with Crippen molar-refractivity contribution < 1.29 is 23.9 Å². The van der Waals surface area contributed by atoms with E-state index >= 15 is 0 Å². The van der Waals surface area contributed by atoms with Gasteiger partial charge in [0.2, 0.25) is 0 Å². The number of rotatable bonds is 6. The first-order chi connectivity index (χ1) is 7.65. The van der Waals surface area contributed by atoms with Gasteiger partial charge in [-0.2, -0.15) is 0 Å². The number of benzene rings is 1. The second-order valence-electron chi connectivity index (χ2n) is 3.25. The van der Waals surface area contributed by atoms with Crippen LogP contribution >= 0.6 is 0 Å². The molecule has 0 bridgehead atoms. The van der Waals surface area contributed by atoms with Gasteiger partial charge in [-0.05, 0) is 6.07 Å². The van der Waals surface area contributed by atoms with E-state index in [1.54, 1.807) is 7.11 Å². The molecule has 0 saturated carbocycles. The molecule has 4 nitrogen and oxygen atoms in total. The van der Waals surface area contributed by atoms with Crippen LogP contribution in [-0.4, -0.2) is 37.5 Å². The lowest BCUT2D eigenvalue weighted by molar-refractivity contribution is 0.172. The van der Waals surface area contributed by atoms with Gasteiger partial charge in [-0.1, -0.05) is 6.07 Å². The number of hydrogen-bond acceptors (Lipinski definition) is 4. The summed E-state index contributed by atoms with van der Waals surface area (Å²) in [6.45, 7) is 0.864. The van der Waals surface area contributed by atoms with E-state index in [0.29, 0.717) is 19.6 Å². The minimum Gasteiger partial charge on any atom is -0.494 e. The van der Waals surface area contributed by atoms with Gasteiger partial charge >= 0.3 is 7.12 Å². The fourth-order valence-corrected chi connectivity index (χ4v) is 1.23. The number of ether oxygens (including phenoxy) is 2. The highest BCUT2D eigenvalue weighted by Gasteiger charge is 2.17. The molecule has 1 aromatic rings. The normalized spacial score (nSPS) is 10.2. The van der Waals surface area contributed by atoms with Gasteiger partial charge in [0.15, 0.2) is 0 Å². The van der Waals surface area contributed by atoms with E-state index in [9.17, 15) is 4.39 Å². The molecule has 0 aliphatic rings. The van der Waals surface area contributed by atoms with E-state index in [1.807, 2.05) is 0 Å². The summed E-state index contributed by atoms with van der Waals surface area (Å²) in [5.41, 5.74) is 0.152. The molecule has 0 heterocycles. The Morgan fingerprint density at radius 2 is 2.06 bits per heavy atom. The third-order valence-corrected chi connectivity index (χ3v) is 2.00. The Bertz CT molecular complexity index is 333. The molecular weight excluding hydrogens is 214 g/mol. The monoisotopic (exact) mass is 228 g/mol.